The van der Waals surface area contributed by atoms with Crippen LogP contribution in [0.15, 0.2) is 30.3 Å². The van der Waals surface area contributed by atoms with Gasteiger partial charge in [0.25, 0.3) is 0 Å². The number of allylic oxidation sites excluding steroid dienone is 1. The van der Waals surface area contributed by atoms with Crippen molar-refractivity contribution in [3.8, 4) is 0 Å². The van der Waals surface area contributed by atoms with Crippen LogP contribution in [0, 0.1) is 0 Å². The van der Waals surface area contributed by atoms with Crippen molar-refractivity contribution in [1.82, 2.24) is 0 Å². The van der Waals surface area contributed by atoms with Gasteiger partial charge in [0.2, 0.25) is 0 Å². The van der Waals surface area contributed by atoms with Crippen molar-refractivity contribution >= 4 is 14.7 Å². The van der Waals surface area contributed by atoms with Crippen LogP contribution in [0.25, 0.3) is 6.08 Å². The SMILES string of the molecule is C1=CC(PC2CCCCC2)c2ccccc21. The van der Waals surface area contributed by atoms with Gasteiger partial charge in [0.1, 0.15) is 0 Å². The molecule has 0 N–H and O–H groups in total. The molecule has 0 heterocycles. The third-order valence-corrected chi connectivity index (χ3v) is 5.73. The van der Waals surface area contributed by atoms with Crippen molar-refractivity contribution in [2.45, 2.75) is 43.4 Å². The second-order valence-corrected chi connectivity index (χ2v) is 6.74. The van der Waals surface area contributed by atoms with Crippen LogP contribution >= 0.6 is 8.58 Å². The molecule has 0 aromatic heterocycles. The summed E-state index contributed by atoms with van der Waals surface area (Å²) in [6.07, 6.45) is 12.1. The molecular weight excluding hydrogens is 211 g/mol. The Bertz CT molecular complexity index is 388. The fourth-order valence-corrected chi connectivity index (χ4v) is 4.82. The van der Waals surface area contributed by atoms with Gasteiger partial charge < -0.3 is 0 Å². The number of fused-ring (bicyclic) bond motifs is 1. The maximum absolute atomic E-state index is 2.43. The summed E-state index contributed by atoms with van der Waals surface area (Å²) >= 11 is 0. The molecule has 2 atom stereocenters. The third kappa shape index (κ3) is 2.09. The summed E-state index contributed by atoms with van der Waals surface area (Å²) in [5.74, 6) is 0. The lowest BCUT2D eigenvalue weighted by Crippen LogP contribution is -2.07. The highest BCUT2D eigenvalue weighted by molar-refractivity contribution is 7.39. The summed E-state index contributed by atoms with van der Waals surface area (Å²) < 4.78 is 0. The van der Waals surface area contributed by atoms with Gasteiger partial charge in [-0.3, -0.25) is 0 Å². The van der Waals surface area contributed by atoms with E-state index in [1.807, 2.05) is 0 Å². The van der Waals surface area contributed by atoms with Crippen molar-refractivity contribution in [3.05, 3.63) is 41.5 Å². The van der Waals surface area contributed by atoms with Crippen LogP contribution in [0.1, 0.15) is 48.9 Å². The summed E-state index contributed by atoms with van der Waals surface area (Å²) in [5.41, 5.74) is 4.77. The lowest BCUT2D eigenvalue weighted by molar-refractivity contribution is 0.512. The average molecular weight is 230 g/mol. The minimum atomic E-state index is 0.735. The molecule has 0 aliphatic heterocycles. The van der Waals surface area contributed by atoms with Gasteiger partial charge >= 0.3 is 0 Å². The first-order chi connectivity index (χ1) is 7.93. The van der Waals surface area contributed by atoms with Gasteiger partial charge in [0.15, 0.2) is 0 Å². The molecule has 0 radical (unpaired) electrons. The van der Waals surface area contributed by atoms with E-state index in [0.29, 0.717) is 0 Å². The molecule has 16 heavy (non-hydrogen) atoms. The lowest BCUT2D eigenvalue weighted by Gasteiger charge is -2.24. The molecule has 1 aromatic carbocycles. The molecule has 0 spiro atoms. The molecule has 2 aliphatic rings. The summed E-state index contributed by atoms with van der Waals surface area (Å²) in [5, 5.41) is 0. The van der Waals surface area contributed by atoms with E-state index in [1.165, 1.54) is 37.7 Å². The van der Waals surface area contributed by atoms with Gasteiger partial charge in [-0.05, 0) is 29.6 Å². The first-order valence-corrected chi connectivity index (χ1v) is 7.62. The highest BCUT2D eigenvalue weighted by Gasteiger charge is 2.22. The van der Waals surface area contributed by atoms with Crippen molar-refractivity contribution < 1.29 is 0 Å². The summed E-state index contributed by atoms with van der Waals surface area (Å²) in [4.78, 5) is 0. The average Bonchev–Trinajstić information content (AvgIpc) is 2.74. The van der Waals surface area contributed by atoms with Gasteiger partial charge in [0, 0.05) is 5.66 Å². The standard InChI is InChI=1S/C15H19P/c1-2-7-13(8-3-1)16-15-11-10-12-6-4-5-9-14(12)15/h4-6,9-11,13,15-16H,1-3,7-8H2. The topological polar surface area (TPSA) is 0 Å². The third-order valence-electron chi connectivity index (χ3n) is 3.82. The smallest absolute Gasteiger partial charge is 0.0204 e. The van der Waals surface area contributed by atoms with Crippen LogP contribution in [-0.4, -0.2) is 5.66 Å². The van der Waals surface area contributed by atoms with Crippen LogP contribution < -0.4 is 0 Å². The fraction of sp³-hybridized carbons (Fsp3) is 0.467. The van der Waals surface area contributed by atoms with E-state index < -0.39 is 0 Å². The Morgan fingerprint density at radius 1 is 1.00 bits per heavy atom. The van der Waals surface area contributed by atoms with E-state index in [0.717, 1.165) is 19.9 Å². The summed E-state index contributed by atoms with van der Waals surface area (Å²) in [6.45, 7) is 0. The van der Waals surface area contributed by atoms with E-state index in [9.17, 15) is 0 Å². The first-order valence-electron chi connectivity index (χ1n) is 6.47. The highest BCUT2D eigenvalue weighted by atomic mass is 31.1. The zero-order valence-corrected chi connectivity index (χ0v) is 10.7. The number of hydrogen-bond acceptors (Lipinski definition) is 0. The summed E-state index contributed by atoms with van der Waals surface area (Å²) in [6, 6.07) is 8.90. The van der Waals surface area contributed by atoms with Gasteiger partial charge in [-0.15, -0.1) is 8.58 Å². The van der Waals surface area contributed by atoms with Crippen LogP contribution in [0.4, 0.5) is 0 Å². The van der Waals surface area contributed by atoms with Crippen LogP contribution in [0.3, 0.4) is 0 Å². The van der Waals surface area contributed by atoms with Crippen molar-refractivity contribution in [1.29, 1.82) is 0 Å². The van der Waals surface area contributed by atoms with Gasteiger partial charge in [-0.2, -0.15) is 0 Å². The molecule has 0 nitrogen and oxygen atoms in total. The van der Waals surface area contributed by atoms with E-state index >= 15 is 0 Å². The zero-order valence-electron chi connectivity index (χ0n) is 9.65. The predicted molar refractivity (Wildman–Crippen MR) is 73.4 cm³/mol. The molecule has 0 amide bonds. The second-order valence-electron chi connectivity index (χ2n) is 4.97. The monoisotopic (exact) mass is 230 g/mol. The predicted octanol–water partition coefficient (Wildman–Crippen LogP) is 4.77. The molecule has 0 saturated heterocycles. The maximum atomic E-state index is 2.43. The van der Waals surface area contributed by atoms with Gasteiger partial charge in [-0.25, -0.2) is 0 Å². The number of hydrogen-bond donors (Lipinski definition) is 0. The quantitative estimate of drug-likeness (QED) is 0.642. The Kier molecular flexibility index (Phi) is 3.11. The zero-order chi connectivity index (χ0) is 10.8. The Balaban J connectivity index is 1.70. The lowest BCUT2D eigenvalue weighted by atomic mass is 10.0. The molecule has 0 bridgehead atoms. The Labute approximate surface area is 99.9 Å². The minimum absolute atomic E-state index is 0.735. The highest BCUT2D eigenvalue weighted by Crippen LogP contribution is 2.48. The minimum Gasteiger partial charge on any atom is -0.107 e. The molecule has 2 unspecified atom stereocenters. The second kappa shape index (κ2) is 4.72. The molecule has 2 aliphatic carbocycles. The van der Waals surface area contributed by atoms with E-state index in [2.05, 4.69) is 36.4 Å². The maximum Gasteiger partial charge on any atom is 0.0204 e. The van der Waals surface area contributed by atoms with Crippen molar-refractivity contribution in [2.24, 2.45) is 0 Å². The van der Waals surface area contributed by atoms with Crippen molar-refractivity contribution in [2.75, 3.05) is 0 Å². The van der Waals surface area contributed by atoms with Crippen LogP contribution in [0.5, 0.6) is 0 Å². The normalized spacial score (nSPS) is 25.4. The van der Waals surface area contributed by atoms with Crippen LogP contribution in [-0.2, 0) is 0 Å². The number of benzene rings is 1. The molecule has 3 rings (SSSR count). The van der Waals surface area contributed by atoms with Gasteiger partial charge in [-0.1, -0.05) is 55.7 Å². The molecular formula is C15H19P. The Hall–Kier alpha value is -0.610. The first kappa shape index (κ1) is 10.5. The van der Waals surface area contributed by atoms with Crippen molar-refractivity contribution in [3.63, 3.8) is 0 Å². The molecule has 1 fully saturated rings. The molecule has 1 aromatic rings. The molecule has 84 valence electrons. The fourth-order valence-electron chi connectivity index (χ4n) is 2.92. The molecule has 1 heteroatoms. The Morgan fingerprint density at radius 3 is 2.69 bits per heavy atom. The van der Waals surface area contributed by atoms with E-state index in [4.69, 9.17) is 0 Å². The Morgan fingerprint density at radius 2 is 1.81 bits per heavy atom. The summed E-state index contributed by atoms with van der Waals surface area (Å²) in [7, 11) is 1.12. The number of rotatable bonds is 2. The molecule has 1 saturated carbocycles. The van der Waals surface area contributed by atoms with Crippen LogP contribution in [0.2, 0.25) is 0 Å². The van der Waals surface area contributed by atoms with E-state index in [1.54, 1.807) is 5.56 Å². The van der Waals surface area contributed by atoms with E-state index in [-0.39, 0.29) is 0 Å². The van der Waals surface area contributed by atoms with Gasteiger partial charge in [0.05, 0.1) is 0 Å². The largest absolute Gasteiger partial charge is 0.107 e.